The quantitative estimate of drug-likeness (QED) is 0.392. The molecule has 6 rings (SSSR count). The summed E-state index contributed by atoms with van der Waals surface area (Å²) in [6.45, 7) is 0. The van der Waals surface area contributed by atoms with Gasteiger partial charge in [0.15, 0.2) is 0 Å². The number of ether oxygens (including phenoxy) is 1. The summed E-state index contributed by atoms with van der Waals surface area (Å²) in [6, 6.07) is 14.9. The van der Waals surface area contributed by atoms with E-state index >= 15 is 0 Å². The van der Waals surface area contributed by atoms with Crippen molar-refractivity contribution in [2.24, 2.45) is 11.8 Å². The fraction of sp³-hybridized carbons (Fsp3) is 0.154. The molecule has 0 radical (unpaired) electrons. The molecule has 0 saturated carbocycles. The SMILES string of the molecule is O=C1[C@@H]2[C@@H](c3ccccc3Cl)OC3(C(=O)c4ccccc4C3=O)[C@@H]2C(=O)N1c1ccc(F)cc1F. The van der Waals surface area contributed by atoms with E-state index in [0.29, 0.717) is 16.5 Å². The predicted octanol–water partition coefficient (Wildman–Crippen LogP) is 4.31. The fourth-order valence-corrected chi connectivity index (χ4v) is 5.65. The first-order valence-corrected chi connectivity index (χ1v) is 11.1. The minimum absolute atomic E-state index is 0.0720. The van der Waals surface area contributed by atoms with Crippen LogP contribution in [0.25, 0.3) is 0 Å². The number of hydrogen-bond donors (Lipinski definition) is 0. The highest BCUT2D eigenvalue weighted by Crippen LogP contribution is 2.58. The van der Waals surface area contributed by atoms with Gasteiger partial charge in [0, 0.05) is 27.8 Å². The number of hydrogen-bond acceptors (Lipinski definition) is 5. The maximum atomic E-state index is 14.7. The van der Waals surface area contributed by atoms with Gasteiger partial charge in [-0.1, -0.05) is 54.1 Å². The molecule has 0 bridgehead atoms. The summed E-state index contributed by atoms with van der Waals surface area (Å²) in [6.07, 6.45) is -1.24. The van der Waals surface area contributed by atoms with Crippen LogP contribution in [-0.2, 0) is 14.3 Å². The van der Waals surface area contributed by atoms with Gasteiger partial charge in [0.1, 0.15) is 11.6 Å². The molecular weight excluding hydrogens is 480 g/mol. The topological polar surface area (TPSA) is 80.8 Å². The molecule has 0 N–H and O–H groups in total. The van der Waals surface area contributed by atoms with Crippen LogP contribution < -0.4 is 4.90 Å². The van der Waals surface area contributed by atoms with E-state index < -0.39 is 64.2 Å². The Morgan fingerprint density at radius 1 is 0.829 bits per heavy atom. The lowest BCUT2D eigenvalue weighted by Gasteiger charge is -2.27. The summed E-state index contributed by atoms with van der Waals surface area (Å²) in [5.41, 5.74) is -2.33. The van der Waals surface area contributed by atoms with E-state index in [0.717, 1.165) is 12.1 Å². The highest BCUT2D eigenvalue weighted by molar-refractivity contribution is 6.37. The van der Waals surface area contributed by atoms with Crippen molar-refractivity contribution < 1.29 is 32.7 Å². The predicted molar refractivity (Wildman–Crippen MR) is 119 cm³/mol. The monoisotopic (exact) mass is 493 g/mol. The molecular formula is C26H14ClF2NO5. The number of carbonyl (C=O) groups excluding carboxylic acids is 4. The normalized spacial score (nSPS) is 24.4. The molecule has 3 aromatic rings. The van der Waals surface area contributed by atoms with Crippen LogP contribution in [0.5, 0.6) is 0 Å². The largest absolute Gasteiger partial charge is 0.349 e. The van der Waals surface area contributed by atoms with Gasteiger partial charge < -0.3 is 4.74 Å². The van der Waals surface area contributed by atoms with Crippen molar-refractivity contribution in [3.05, 3.63) is 100 Å². The lowest BCUT2D eigenvalue weighted by Crippen LogP contribution is -2.51. The molecule has 3 aromatic carbocycles. The Balaban J connectivity index is 1.57. The van der Waals surface area contributed by atoms with E-state index in [9.17, 15) is 28.0 Å². The molecule has 2 amide bonds. The minimum atomic E-state index is -2.31. The zero-order valence-corrected chi connectivity index (χ0v) is 18.5. The van der Waals surface area contributed by atoms with Gasteiger partial charge in [-0.05, 0) is 18.2 Å². The summed E-state index contributed by atoms with van der Waals surface area (Å²) < 4.78 is 34.3. The Labute approximate surface area is 202 Å². The van der Waals surface area contributed by atoms with Crippen molar-refractivity contribution in [1.29, 1.82) is 0 Å². The lowest BCUT2D eigenvalue weighted by molar-refractivity contribution is -0.127. The van der Waals surface area contributed by atoms with Gasteiger partial charge in [-0.15, -0.1) is 0 Å². The molecule has 3 aliphatic rings. The van der Waals surface area contributed by atoms with Gasteiger partial charge in [0.2, 0.25) is 29.0 Å². The standard InChI is InChI=1S/C26H14ClF2NO5/c27-16-8-4-3-7-15(16)21-19-20(25(34)30(24(19)33)18-10-9-12(28)11-17(18)29)26(35-21)22(31)13-5-1-2-6-14(13)23(26)32/h1-11,19-21H/t19-,20-,21+/m0/s1. The molecule has 3 atom stereocenters. The second kappa shape index (κ2) is 7.37. The Morgan fingerprint density at radius 3 is 2.09 bits per heavy atom. The molecule has 0 unspecified atom stereocenters. The number of nitrogens with zero attached hydrogens (tertiary/aromatic N) is 1. The summed E-state index contributed by atoms with van der Waals surface area (Å²) >= 11 is 6.37. The second-order valence-electron chi connectivity index (χ2n) is 8.61. The van der Waals surface area contributed by atoms with Crippen molar-refractivity contribution >= 4 is 40.7 Å². The van der Waals surface area contributed by atoms with Gasteiger partial charge in [0.25, 0.3) is 0 Å². The third kappa shape index (κ3) is 2.72. The summed E-state index contributed by atoms with van der Waals surface area (Å²) in [5.74, 6) is -8.27. The van der Waals surface area contributed by atoms with Gasteiger partial charge in [-0.2, -0.15) is 0 Å². The Hall–Kier alpha value is -3.75. The minimum Gasteiger partial charge on any atom is -0.349 e. The first kappa shape index (κ1) is 21.8. The number of anilines is 1. The zero-order chi connectivity index (χ0) is 24.6. The van der Waals surface area contributed by atoms with Crippen LogP contribution >= 0.6 is 11.6 Å². The van der Waals surface area contributed by atoms with Crippen LogP contribution in [-0.4, -0.2) is 29.0 Å². The average Bonchev–Trinajstić information content (AvgIpc) is 3.40. The maximum absolute atomic E-state index is 14.7. The van der Waals surface area contributed by atoms with Crippen molar-refractivity contribution in [3.63, 3.8) is 0 Å². The molecule has 174 valence electrons. The van der Waals surface area contributed by atoms with Crippen molar-refractivity contribution in [2.75, 3.05) is 4.90 Å². The maximum Gasteiger partial charge on any atom is 0.241 e. The molecule has 2 aliphatic heterocycles. The fourth-order valence-electron chi connectivity index (χ4n) is 5.41. The second-order valence-corrected chi connectivity index (χ2v) is 9.02. The number of rotatable bonds is 2. The first-order chi connectivity index (χ1) is 16.8. The number of fused-ring (bicyclic) bond motifs is 3. The molecule has 0 aromatic heterocycles. The number of amides is 2. The summed E-state index contributed by atoms with van der Waals surface area (Å²) in [7, 11) is 0. The van der Waals surface area contributed by atoms with E-state index in [1.807, 2.05) is 0 Å². The van der Waals surface area contributed by atoms with Gasteiger partial charge in [-0.3, -0.25) is 19.2 Å². The Bertz CT molecular complexity index is 1450. The van der Waals surface area contributed by atoms with Gasteiger partial charge >= 0.3 is 0 Å². The number of halogens is 3. The van der Waals surface area contributed by atoms with Crippen LogP contribution in [0, 0.1) is 23.5 Å². The number of Topliss-reactive ketones (excluding diaryl/α,β-unsaturated/α-hetero) is 2. The van der Waals surface area contributed by atoms with E-state index in [-0.39, 0.29) is 16.1 Å². The van der Waals surface area contributed by atoms with Crippen LogP contribution in [0.4, 0.5) is 14.5 Å². The summed E-state index contributed by atoms with van der Waals surface area (Å²) in [4.78, 5) is 55.3. The van der Waals surface area contributed by atoms with Crippen molar-refractivity contribution in [1.82, 2.24) is 0 Å². The number of ketones is 2. The molecule has 2 saturated heterocycles. The zero-order valence-electron chi connectivity index (χ0n) is 17.7. The molecule has 2 fully saturated rings. The van der Waals surface area contributed by atoms with E-state index in [1.165, 1.54) is 12.1 Å². The Morgan fingerprint density at radius 2 is 1.46 bits per heavy atom. The molecule has 6 nitrogen and oxygen atoms in total. The van der Waals surface area contributed by atoms with E-state index in [4.69, 9.17) is 16.3 Å². The third-order valence-corrected chi connectivity index (χ3v) is 7.23. The number of carbonyl (C=O) groups is 4. The Kier molecular flexibility index (Phi) is 4.58. The average molecular weight is 494 g/mol. The smallest absolute Gasteiger partial charge is 0.241 e. The summed E-state index contributed by atoms with van der Waals surface area (Å²) in [5, 5.41) is 0.204. The van der Waals surface area contributed by atoms with Crippen molar-refractivity contribution in [2.45, 2.75) is 11.7 Å². The third-order valence-electron chi connectivity index (χ3n) is 6.88. The molecule has 1 spiro atoms. The van der Waals surface area contributed by atoms with Crippen LogP contribution in [0.2, 0.25) is 5.02 Å². The van der Waals surface area contributed by atoms with Gasteiger partial charge in [0.05, 0.1) is 23.6 Å². The van der Waals surface area contributed by atoms with Gasteiger partial charge in [-0.25, -0.2) is 13.7 Å². The van der Waals surface area contributed by atoms with Crippen LogP contribution in [0.15, 0.2) is 66.7 Å². The van der Waals surface area contributed by atoms with Crippen molar-refractivity contribution in [3.8, 4) is 0 Å². The number of benzene rings is 3. The molecule has 1 aliphatic carbocycles. The van der Waals surface area contributed by atoms with E-state index in [1.54, 1.807) is 36.4 Å². The van der Waals surface area contributed by atoms with Crippen LogP contribution in [0.1, 0.15) is 32.4 Å². The number of imide groups is 1. The van der Waals surface area contributed by atoms with E-state index in [2.05, 4.69) is 0 Å². The molecule has 2 heterocycles. The van der Waals surface area contributed by atoms with Crippen LogP contribution in [0.3, 0.4) is 0 Å². The lowest BCUT2D eigenvalue weighted by atomic mass is 9.77. The highest BCUT2D eigenvalue weighted by atomic mass is 35.5. The molecule has 35 heavy (non-hydrogen) atoms. The highest BCUT2D eigenvalue weighted by Gasteiger charge is 2.75. The first-order valence-electron chi connectivity index (χ1n) is 10.7. The molecule has 9 heteroatoms.